The average molecular weight is 236 g/mol. The Morgan fingerprint density at radius 1 is 1.50 bits per heavy atom. The molecule has 0 aliphatic carbocycles. The average Bonchev–Trinajstić information content (AvgIpc) is 2.80. The minimum absolute atomic E-state index is 0.371. The Hall–Kier alpha value is -1.49. The first-order valence-corrected chi connectivity index (χ1v) is 6.01. The van der Waals surface area contributed by atoms with Gasteiger partial charge in [-0.15, -0.1) is 0 Å². The monoisotopic (exact) mass is 236 g/mol. The molecule has 0 unspecified atom stereocenters. The van der Waals surface area contributed by atoms with E-state index in [-0.39, 0.29) is 6.09 Å². The summed E-state index contributed by atoms with van der Waals surface area (Å²) in [5, 5.41) is 6.41. The van der Waals surface area contributed by atoms with E-state index in [0.717, 1.165) is 10.6 Å². The highest BCUT2D eigenvalue weighted by Gasteiger charge is 2.22. The van der Waals surface area contributed by atoms with Crippen LogP contribution in [0.25, 0.3) is 0 Å². The van der Waals surface area contributed by atoms with Gasteiger partial charge in [-0.05, 0) is 6.92 Å². The maximum atomic E-state index is 11.4. The van der Waals surface area contributed by atoms with Crippen LogP contribution in [0.1, 0.15) is 12.5 Å². The van der Waals surface area contributed by atoms with Gasteiger partial charge in [-0.3, -0.25) is 0 Å². The molecule has 0 spiro atoms. The summed E-state index contributed by atoms with van der Waals surface area (Å²) in [5.41, 5.74) is 1.03. The smallest absolute Gasteiger partial charge is 0.431 e. The van der Waals surface area contributed by atoms with E-state index in [1.54, 1.807) is 6.92 Å². The van der Waals surface area contributed by atoms with Crippen LogP contribution in [-0.4, -0.2) is 28.6 Å². The van der Waals surface area contributed by atoms with Gasteiger partial charge in [0.15, 0.2) is 0 Å². The molecule has 16 heavy (non-hydrogen) atoms. The number of thioether (sulfide) groups is 1. The van der Waals surface area contributed by atoms with E-state index in [0.29, 0.717) is 12.5 Å². The summed E-state index contributed by atoms with van der Waals surface area (Å²) >= 11 is 1.53. The first-order chi connectivity index (χ1) is 7.81. The van der Waals surface area contributed by atoms with Gasteiger partial charge in [0, 0.05) is 5.56 Å². The number of nitrogens with zero attached hydrogens (tertiary/aromatic N) is 2. The summed E-state index contributed by atoms with van der Waals surface area (Å²) in [6.07, 6.45) is -0.388. The fourth-order valence-electron chi connectivity index (χ4n) is 1.30. The molecular formula is C11H12N2O2S. The van der Waals surface area contributed by atoms with Crippen molar-refractivity contribution in [1.29, 1.82) is 0 Å². The van der Waals surface area contributed by atoms with Crippen molar-refractivity contribution in [3.8, 4) is 0 Å². The zero-order chi connectivity index (χ0) is 11.4. The van der Waals surface area contributed by atoms with Crippen molar-refractivity contribution in [3.05, 3.63) is 35.9 Å². The number of benzene rings is 1. The molecule has 1 aromatic rings. The second-order valence-corrected chi connectivity index (χ2v) is 4.08. The summed E-state index contributed by atoms with van der Waals surface area (Å²) < 4.78 is 4.88. The SMILES string of the molecule is CCOC(=O)N1CSC(c2ccccc2)=N1. The third-order valence-electron chi connectivity index (χ3n) is 2.03. The Bertz CT molecular complexity index is 406. The third-order valence-corrected chi connectivity index (χ3v) is 3.00. The molecule has 84 valence electrons. The second kappa shape index (κ2) is 5.03. The van der Waals surface area contributed by atoms with E-state index in [9.17, 15) is 4.79 Å². The predicted octanol–water partition coefficient (Wildman–Crippen LogP) is 2.51. The van der Waals surface area contributed by atoms with Crippen molar-refractivity contribution in [1.82, 2.24) is 5.01 Å². The van der Waals surface area contributed by atoms with Gasteiger partial charge in [0.2, 0.25) is 0 Å². The first kappa shape index (κ1) is 11.0. The van der Waals surface area contributed by atoms with Gasteiger partial charge < -0.3 is 4.74 Å². The van der Waals surface area contributed by atoms with Crippen LogP contribution in [0.4, 0.5) is 4.79 Å². The molecule has 0 bridgehead atoms. The zero-order valence-corrected chi connectivity index (χ0v) is 9.74. The first-order valence-electron chi connectivity index (χ1n) is 5.02. The molecule has 4 nitrogen and oxygen atoms in total. The van der Waals surface area contributed by atoms with Gasteiger partial charge in [-0.2, -0.15) is 10.1 Å². The molecule has 2 rings (SSSR count). The number of hydrogen-bond donors (Lipinski definition) is 0. The van der Waals surface area contributed by atoms with Gasteiger partial charge in [-0.1, -0.05) is 42.1 Å². The van der Waals surface area contributed by atoms with Crippen LogP contribution < -0.4 is 0 Å². The summed E-state index contributed by atoms with van der Waals surface area (Å²) in [6, 6.07) is 9.80. The molecule has 0 radical (unpaired) electrons. The fourth-order valence-corrected chi connectivity index (χ4v) is 2.17. The molecule has 0 saturated carbocycles. The molecular weight excluding hydrogens is 224 g/mol. The number of carbonyl (C=O) groups is 1. The number of rotatable bonds is 2. The van der Waals surface area contributed by atoms with E-state index >= 15 is 0 Å². The molecule has 1 heterocycles. The molecule has 0 N–H and O–H groups in total. The van der Waals surface area contributed by atoms with Crippen molar-refractivity contribution in [2.75, 3.05) is 12.5 Å². The normalized spacial score (nSPS) is 14.8. The Balaban J connectivity index is 2.09. The van der Waals surface area contributed by atoms with E-state index in [4.69, 9.17) is 4.74 Å². The summed E-state index contributed by atoms with van der Waals surface area (Å²) in [4.78, 5) is 11.4. The molecule has 1 aromatic carbocycles. The lowest BCUT2D eigenvalue weighted by Crippen LogP contribution is -2.23. The maximum Gasteiger partial charge on any atom is 0.431 e. The second-order valence-electron chi connectivity index (χ2n) is 3.14. The van der Waals surface area contributed by atoms with E-state index in [1.807, 2.05) is 30.3 Å². The van der Waals surface area contributed by atoms with Crippen molar-refractivity contribution < 1.29 is 9.53 Å². The number of carbonyl (C=O) groups excluding carboxylic acids is 1. The van der Waals surface area contributed by atoms with Crippen LogP contribution >= 0.6 is 11.8 Å². The maximum absolute atomic E-state index is 11.4. The Labute approximate surface area is 98.3 Å². The summed E-state index contributed by atoms with van der Waals surface area (Å²) in [7, 11) is 0. The predicted molar refractivity (Wildman–Crippen MR) is 64.3 cm³/mol. The van der Waals surface area contributed by atoms with Crippen LogP contribution in [0, 0.1) is 0 Å². The van der Waals surface area contributed by atoms with Gasteiger partial charge in [0.05, 0.1) is 12.5 Å². The molecule has 0 fully saturated rings. The van der Waals surface area contributed by atoms with Crippen LogP contribution in [-0.2, 0) is 4.74 Å². The van der Waals surface area contributed by atoms with Crippen LogP contribution in [0.3, 0.4) is 0 Å². The van der Waals surface area contributed by atoms with Gasteiger partial charge in [0.25, 0.3) is 0 Å². The molecule has 1 aliphatic rings. The van der Waals surface area contributed by atoms with Crippen molar-refractivity contribution in [2.24, 2.45) is 5.10 Å². The molecule has 0 aromatic heterocycles. The van der Waals surface area contributed by atoms with Crippen molar-refractivity contribution >= 4 is 22.9 Å². The highest BCUT2D eigenvalue weighted by molar-refractivity contribution is 8.14. The van der Waals surface area contributed by atoms with Gasteiger partial charge in [0.1, 0.15) is 5.04 Å². The zero-order valence-electron chi connectivity index (χ0n) is 8.92. The molecule has 0 atom stereocenters. The number of hydrogen-bond acceptors (Lipinski definition) is 4. The van der Waals surface area contributed by atoms with E-state index < -0.39 is 0 Å². The Morgan fingerprint density at radius 2 is 2.25 bits per heavy atom. The molecule has 1 aliphatic heterocycles. The van der Waals surface area contributed by atoms with Crippen molar-refractivity contribution in [2.45, 2.75) is 6.92 Å². The molecule has 0 saturated heterocycles. The number of ether oxygens (including phenoxy) is 1. The highest BCUT2D eigenvalue weighted by Crippen LogP contribution is 2.22. The van der Waals surface area contributed by atoms with Crippen LogP contribution in [0.5, 0.6) is 0 Å². The molecule has 1 amide bonds. The third kappa shape index (κ3) is 2.36. The fraction of sp³-hybridized carbons (Fsp3) is 0.273. The molecule has 5 heteroatoms. The largest absolute Gasteiger partial charge is 0.448 e. The van der Waals surface area contributed by atoms with Crippen molar-refractivity contribution in [3.63, 3.8) is 0 Å². The van der Waals surface area contributed by atoms with Gasteiger partial charge in [-0.25, -0.2) is 4.79 Å². The van der Waals surface area contributed by atoms with E-state index in [2.05, 4.69) is 5.10 Å². The van der Waals surface area contributed by atoms with Gasteiger partial charge >= 0.3 is 6.09 Å². The minimum Gasteiger partial charge on any atom is -0.448 e. The summed E-state index contributed by atoms with van der Waals surface area (Å²) in [5.74, 6) is 0.517. The standard InChI is InChI=1S/C11H12N2O2S/c1-2-15-11(14)13-8-16-10(12-13)9-6-4-3-5-7-9/h3-7H,2,8H2,1H3. The number of amides is 1. The number of hydrazone groups is 1. The lowest BCUT2D eigenvalue weighted by atomic mass is 10.2. The minimum atomic E-state index is -0.388. The van der Waals surface area contributed by atoms with Crippen LogP contribution in [0.2, 0.25) is 0 Å². The van der Waals surface area contributed by atoms with E-state index in [1.165, 1.54) is 16.8 Å². The highest BCUT2D eigenvalue weighted by atomic mass is 32.2. The Morgan fingerprint density at radius 3 is 2.94 bits per heavy atom. The Kier molecular flexibility index (Phi) is 3.46. The lowest BCUT2D eigenvalue weighted by Gasteiger charge is -2.08. The van der Waals surface area contributed by atoms with Crippen LogP contribution in [0.15, 0.2) is 35.4 Å². The quantitative estimate of drug-likeness (QED) is 0.792. The lowest BCUT2D eigenvalue weighted by molar-refractivity contribution is 0.116. The summed E-state index contributed by atoms with van der Waals surface area (Å²) in [6.45, 7) is 2.15. The topological polar surface area (TPSA) is 41.9 Å².